The van der Waals surface area contributed by atoms with Gasteiger partial charge in [0.15, 0.2) is 0 Å². The molecule has 0 aromatic heterocycles. The molecule has 0 aliphatic carbocycles. The van der Waals surface area contributed by atoms with Crippen LogP contribution in [-0.2, 0) is 14.3 Å². The highest BCUT2D eigenvalue weighted by atomic mass is 28.3. The van der Waals surface area contributed by atoms with Gasteiger partial charge in [0.2, 0.25) is 0 Å². The van der Waals surface area contributed by atoms with E-state index in [1.807, 2.05) is 13.8 Å². The van der Waals surface area contributed by atoms with Crippen LogP contribution >= 0.6 is 0 Å². The minimum absolute atomic E-state index is 0.103. The van der Waals surface area contributed by atoms with Gasteiger partial charge in [0.1, 0.15) is 8.07 Å². The highest BCUT2D eigenvalue weighted by Crippen LogP contribution is 2.30. The van der Waals surface area contributed by atoms with Gasteiger partial charge in [-0.1, -0.05) is 19.6 Å². The second-order valence-electron chi connectivity index (χ2n) is 6.23. The molecular weight excluding hydrogens is 260 g/mol. The molecule has 19 heavy (non-hydrogen) atoms. The summed E-state index contributed by atoms with van der Waals surface area (Å²) in [6.07, 6.45) is 0.348. The summed E-state index contributed by atoms with van der Waals surface area (Å²) in [4.78, 5) is 22.5. The van der Waals surface area contributed by atoms with Gasteiger partial charge in [-0.25, -0.2) is 0 Å². The number of methoxy groups -OCH3 is 1. The van der Waals surface area contributed by atoms with Gasteiger partial charge in [-0.2, -0.15) is 0 Å². The van der Waals surface area contributed by atoms with Crippen LogP contribution in [0.2, 0.25) is 19.6 Å². The number of carboxylic acids is 1. The zero-order valence-corrected chi connectivity index (χ0v) is 13.7. The van der Waals surface area contributed by atoms with Crippen molar-refractivity contribution >= 4 is 20.0 Å². The predicted octanol–water partition coefficient (Wildman–Crippen LogP) is 2.55. The van der Waals surface area contributed by atoms with Crippen molar-refractivity contribution in [1.82, 2.24) is 0 Å². The number of rotatable bonds is 5. The van der Waals surface area contributed by atoms with Gasteiger partial charge in [-0.05, 0) is 20.3 Å². The van der Waals surface area contributed by atoms with E-state index < -0.39 is 25.4 Å². The Kier molecular flexibility index (Phi) is 6.30. The summed E-state index contributed by atoms with van der Waals surface area (Å²) in [7, 11) is -0.245. The maximum absolute atomic E-state index is 11.4. The van der Waals surface area contributed by atoms with Gasteiger partial charge in [0, 0.05) is 11.8 Å². The molecule has 0 heterocycles. The van der Waals surface area contributed by atoms with Crippen LogP contribution in [0.25, 0.3) is 0 Å². The van der Waals surface area contributed by atoms with Crippen LogP contribution in [0.4, 0.5) is 0 Å². The van der Waals surface area contributed by atoms with Crippen molar-refractivity contribution in [2.75, 3.05) is 7.11 Å². The lowest BCUT2D eigenvalue weighted by Crippen LogP contribution is -2.31. The Hall–Kier alpha value is -1.28. The smallest absolute Gasteiger partial charge is 0.308 e. The third kappa shape index (κ3) is 7.02. The molecule has 0 radical (unpaired) electrons. The minimum Gasteiger partial charge on any atom is -0.481 e. The zero-order valence-electron chi connectivity index (χ0n) is 12.7. The third-order valence-electron chi connectivity index (χ3n) is 2.79. The number of aliphatic carboxylic acids is 1. The molecule has 1 unspecified atom stereocenters. The number of ether oxygens (including phenoxy) is 1. The Balaban J connectivity index is 4.99. The van der Waals surface area contributed by atoms with E-state index in [0.717, 1.165) is 0 Å². The van der Waals surface area contributed by atoms with Crippen LogP contribution in [0.1, 0.15) is 26.7 Å². The van der Waals surface area contributed by atoms with Gasteiger partial charge in [-0.15, -0.1) is 11.5 Å². The first-order valence-electron chi connectivity index (χ1n) is 6.33. The molecule has 0 saturated carbocycles. The number of hydrogen-bond acceptors (Lipinski definition) is 3. The highest BCUT2D eigenvalue weighted by molar-refractivity contribution is 6.83. The molecule has 0 amide bonds. The van der Waals surface area contributed by atoms with Crippen LogP contribution in [0, 0.1) is 22.8 Å². The normalized spacial score (nSPS) is 13.2. The first kappa shape index (κ1) is 17.7. The van der Waals surface area contributed by atoms with Crippen LogP contribution < -0.4 is 0 Å². The lowest BCUT2D eigenvalue weighted by Gasteiger charge is -2.26. The molecule has 0 aliphatic heterocycles. The summed E-state index contributed by atoms with van der Waals surface area (Å²) in [5.41, 5.74) is 2.56. The molecule has 0 saturated heterocycles. The molecule has 0 aromatic rings. The Morgan fingerprint density at radius 3 is 2.21 bits per heavy atom. The second kappa shape index (κ2) is 6.76. The summed E-state index contributed by atoms with van der Waals surface area (Å²) in [6.45, 7) is 9.97. The van der Waals surface area contributed by atoms with Crippen molar-refractivity contribution < 1.29 is 19.4 Å². The van der Waals surface area contributed by atoms with E-state index >= 15 is 0 Å². The Bertz CT molecular complexity index is 396. The van der Waals surface area contributed by atoms with Crippen molar-refractivity contribution in [1.29, 1.82) is 0 Å². The molecule has 5 heteroatoms. The van der Waals surface area contributed by atoms with Gasteiger partial charge in [0.25, 0.3) is 0 Å². The molecule has 0 spiro atoms. The van der Waals surface area contributed by atoms with Gasteiger partial charge in [0.05, 0.1) is 13.0 Å². The maximum Gasteiger partial charge on any atom is 0.308 e. The fourth-order valence-electron chi connectivity index (χ4n) is 1.59. The van der Waals surface area contributed by atoms with E-state index in [1.54, 1.807) is 0 Å². The average molecular weight is 284 g/mol. The lowest BCUT2D eigenvalue weighted by molar-refractivity contribution is -0.146. The largest absolute Gasteiger partial charge is 0.481 e. The third-order valence-corrected chi connectivity index (χ3v) is 3.67. The van der Waals surface area contributed by atoms with E-state index in [0.29, 0.717) is 0 Å². The molecule has 1 N–H and O–H groups in total. The Labute approximate surface area is 116 Å². The summed E-state index contributed by atoms with van der Waals surface area (Å²) in [6, 6.07) is 0. The SMILES string of the molecule is COC(=O)CCC(C(=O)O)C(C)(C)C#C[Si](C)(C)C. The fraction of sp³-hybridized carbons (Fsp3) is 0.714. The molecule has 0 bridgehead atoms. The minimum atomic E-state index is -1.54. The second-order valence-corrected chi connectivity index (χ2v) is 11.0. The van der Waals surface area contributed by atoms with Crippen LogP contribution in [0.15, 0.2) is 0 Å². The topological polar surface area (TPSA) is 63.6 Å². The van der Waals surface area contributed by atoms with Gasteiger partial charge < -0.3 is 9.84 Å². The Morgan fingerprint density at radius 2 is 1.84 bits per heavy atom. The van der Waals surface area contributed by atoms with E-state index in [-0.39, 0.29) is 18.8 Å². The predicted molar refractivity (Wildman–Crippen MR) is 77.3 cm³/mol. The van der Waals surface area contributed by atoms with Crippen LogP contribution in [-0.4, -0.2) is 32.2 Å². The van der Waals surface area contributed by atoms with Crippen molar-refractivity contribution in [2.45, 2.75) is 46.3 Å². The van der Waals surface area contributed by atoms with Crippen molar-refractivity contribution in [2.24, 2.45) is 11.3 Å². The van der Waals surface area contributed by atoms with Gasteiger partial charge >= 0.3 is 11.9 Å². The number of carbonyl (C=O) groups excluding carboxylic acids is 1. The molecule has 0 aromatic carbocycles. The monoisotopic (exact) mass is 284 g/mol. The number of carbonyl (C=O) groups is 2. The summed E-state index contributed by atoms with van der Waals surface area (Å²) >= 11 is 0. The number of esters is 1. The first-order chi connectivity index (χ1) is 8.49. The molecule has 108 valence electrons. The molecular formula is C14H24O4Si. The number of carboxylic acid groups (broad SMARTS) is 1. The molecule has 4 nitrogen and oxygen atoms in total. The molecule has 0 fully saturated rings. The lowest BCUT2D eigenvalue weighted by atomic mass is 9.77. The van der Waals surface area contributed by atoms with Crippen molar-refractivity contribution in [3.8, 4) is 11.5 Å². The molecule has 1 atom stereocenters. The van der Waals surface area contributed by atoms with E-state index in [2.05, 4.69) is 35.8 Å². The summed E-state index contributed by atoms with van der Waals surface area (Å²) < 4.78 is 4.55. The zero-order chi connectivity index (χ0) is 15.3. The van der Waals surface area contributed by atoms with Crippen LogP contribution in [0.5, 0.6) is 0 Å². The first-order valence-corrected chi connectivity index (χ1v) is 9.83. The van der Waals surface area contributed by atoms with E-state index in [1.165, 1.54) is 7.11 Å². The van der Waals surface area contributed by atoms with Crippen molar-refractivity contribution in [3.05, 3.63) is 0 Å². The standard InChI is InChI=1S/C14H24O4Si/c1-14(2,9-10-19(4,5)6)11(13(16)17)7-8-12(15)18-3/h11H,7-8H2,1-6H3,(H,16,17). The average Bonchev–Trinajstić information content (AvgIpc) is 2.24. The Morgan fingerprint density at radius 1 is 1.32 bits per heavy atom. The number of hydrogen-bond donors (Lipinski definition) is 1. The highest BCUT2D eigenvalue weighted by Gasteiger charge is 2.34. The quantitative estimate of drug-likeness (QED) is 0.479. The van der Waals surface area contributed by atoms with E-state index in [4.69, 9.17) is 0 Å². The van der Waals surface area contributed by atoms with Gasteiger partial charge in [-0.3, -0.25) is 9.59 Å². The maximum atomic E-state index is 11.4. The summed E-state index contributed by atoms with van der Waals surface area (Å²) in [5, 5.41) is 9.32. The van der Waals surface area contributed by atoms with Crippen molar-refractivity contribution in [3.63, 3.8) is 0 Å². The molecule has 0 aliphatic rings. The van der Waals surface area contributed by atoms with E-state index in [9.17, 15) is 14.7 Å². The van der Waals surface area contributed by atoms with Crippen LogP contribution in [0.3, 0.4) is 0 Å². The summed E-state index contributed by atoms with van der Waals surface area (Å²) in [5.74, 6) is 1.12. The molecule has 0 rings (SSSR count). The fourth-order valence-corrected chi connectivity index (χ4v) is 2.29.